The fourth-order valence-electron chi connectivity index (χ4n) is 2.62. The molecule has 1 aromatic rings. The molecule has 0 saturated carbocycles. The Morgan fingerprint density at radius 1 is 1.45 bits per heavy atom. The number of nitro benzene ring substituents is 1. The molecule has 0 bridgehead atoms. The fourth-order valence-corrected chi connectivity index (χ4v) is 2.62. The van der Waals surface area contributed by atoms with Crippen molar-refractivity contribution in [2.45, 2.75) is 32.2 Å². The van der Waals surface area contributed by atoms with Gasteiger partial charge in [0.2, 0.25) is 0 Å². The first-order chi connectivity index (χ1) is 9.60. The third-order valence-corrected chi connectivity index (χ3v) is 3.64. The molecular formula is C14H20FN3O2. The smallest absolute Gasteiger partial charge is 0.292 e. The highest BCUT2D eigenvalue weighted by Crippen LogP contribution is 2.27. The number of hydrogen-bond donors (Lipinski definition) is 1. The van der Waals surface area contributed by atoms with Crippen molar-refractivity contribution < 1.29 is 9.31 Å². The second-order valence-electron chi connectivity index (χ2n) is 5.18. The van der Waals surface area contributed by atoms with Crippen LogP contribution in [0, 0.1) is 15.9 Å². The number of anilines is 1. The molecule has 6 heteroatoms. The number of benzene rings is 1. The molecule has 2 rings (SSSR count). The quantitative estimate of drug-likeness (QED) is 0.665. The maximum Gasteiger partial charge on any atom is 0.292 e. The summed E-state index contributed by atoms with van der Waals surface area (Å²) in [6.07, 6.45) is 2.98. The summed E-state index contributed by atoms with van der Waals surface area (Å²) in [5.41, 5.74) is 0.214. The Kier molecular flexibility index (Phi) is 4.89. The van der Waals surface area contributed by atoms with Crippen LogP contribution in [-0.4, -0.2) is 35.5 Å². The Labute approximate surface area is 117 Å². The largest absolute Gasteiger partial charge is 0.377 e. The van der Waals surface area contributed by atoms with Crippen LogP contribution < -0.4 is 5.32 Å². The average Bonchev–Trinajstić information content (AvgIpc) is 2.41. The fraction of sp³-hybridized carbons (Fsp3) is 0.571. The van der Waals surface area contributed by atoms with Gasteiger partial charge in [-0.3, -0.25) is 10.1 Å². The van der Waals surface area contributed by atoms with Gasteiger partial charge in [0.25, 0.3) is 5.69 Å². The molecule has 1 saturated heterocycles. The van der Waals surface area contributed by atoms with Crippen molar-refractivity contribution in [3.05, 3.63) is 34.1 Å². The topological polar surface area (TPSA) is 58.4 Å². The zero-order chi connectivity index (χ0) is 14.5. The van der Waals surface area contributed by atoms with E-state index in [-0.39, 0.29) is 17.4 Å². The van der Waals surface area contributed by atoms with Gasteiger partial charge in [0.1, 0.15) is 11.5 Å². The lowest BCUT2D eigenvalue weighted by Crippen LogP contribution is -2.39. The van der Waals surface area contributed by atoms with Gasteiger partial charge in [-0.2, -0.15) is 0 Å². The third kappa shape index (κ3) is 3.66. The average molecular weight is 281 g/mol. The molecule has 0 aliphatic carbocycles. The molecule has 1 N–H and O–H groups in total. The maximum absolute atomic E-state index is 13.3. The Morgan fingerprint density at radius 2 is 2.15 bits per heavy atom. The van der Waals surface area contributed by atoms with E-state index in [0.29, 0.717) is 0 Å². The molecule has 0 unspecified atom stereocenters. The lowest BCUT2D eigenvalue weighted by molar-refractivity contribution is -0.384. The summed E-state index contributed by atoms with van der Waals surface area (Å²) in [5.74, 6) is -0.457. The van der Waals surface area contributed by atoms with Crippen LogP contribution in [0.5, 0.6) is 0 Å². The van der Waals surface area contributed by atoms with E-state index in [2.05, 4.69) is 17.1 Å². The van der Waals surface area contributed by atoms with E-state index in [9.17, 15) is 14.5 Å². The highest BCUT2D eigenvalue weighted by molar-refractivity contribution is 5.61. The second kappa shape index (κ2) is 6.65. The van der Waals surface area contributed by atoms with E-state index < -0.39 is 10.7 Å². The van der Waals surface area contributed by atoms with Gasteiger partial charge in [-0.05, 0) is 31.9 Å². The monoisotopic (exact) mass is 281 g/mol. The number of nitro groups is 1. The van der Waals surface area contributed by atoms with Gasteiger partial charge in [-0.25, -0.2) is 4.39 Å². The summed E-state index contributed by atoms with van der Waals surface area (Å²) in [6, 6.07) is 3.71. The standard InChI is InChI=1S/C14H20FN3O2/c1-2-7-17-8-5-12(6-9-17)16-13-10-11(15)3-4-14(13)18(19)20/h3-4,10,12,16H,2,5-9H2,1H3. The van der Waals surface area contributed by atoms with Crippen molar-refractivity contribution in [2.75, 3.05) is 25.0 Å². The first-order valence-corrected chi connectivity index (χ1v) is 7.03. The van der Waals surface area contributed by atoms with Crippen LogP contribution in [0.1, 0.15) is 26.2 Å². The number of nitrogens with zero attached hydrogens (tertiary/aromatic N) is 2. The van der Waals surface area contributed by atoms with Crippen LogP contribution in [0.4, 0.5) is 15.8 Å². The van der Waals surface area contributed by atoms with Gasteiger partial charge in [-0.1, -0.05) is 6.92 Å². The summed E-state index contributed by atoms with van der Waals surface area (Å²) in [7, 11) is 0. The van der Waals surface area contributed by atoms with Gasteiger partial charge in [-0.15, -0.1) is 0 Å². The van der Waals surface area contributed by atoms with Crippen molar-refractivity contribution in [2.24, 2.45) is 0 Å². The van der Waals surface area contributed by atoms with Crippen LogP contribution in [0.3, 0.4) is 0 Å². The number of hydrogen-bond acceptors (Lipinski definition) is 4. The molecule has 1 aromatic carbocycles. The van der Waals surface area contributed by atoms with Crippen LogP contribution >= 0.6 is 0 Å². The van der Waals surface area contributed by atoms with Gasteiger partial charge in [0.05, 0.1) is 4.92 Å². The molecule has 0 spiro atoms. The minimum absolute atomic E-state index is 0.0672. The molecule has 1 fully saturated rings. The number of piperidine rings is 1. The SMILES string of the molecule is CCCN1CCC(Nc2cc(F)ccc2[N+](=O)[O-])CC1. The first-order valence-electron chi connectivity index (χ1n) is 7.03. The van der Waals surface area contributed by atoms with Crippen molar-refractivity contribution in [3.8, 4) is 0 Å². The van der Waals surface area contributed by atoms with E-state index >= 15 is 0 Å². The van der Waals surface area contributed by atoms with E-state index in [4.69, 9.17) is 0 Å². The van der Waals surface area contributed by atoms with Gasteiger partial charge < -0.3 is 10.2 Å². The molecule has 20 heavy (non-hydrogen) atoms. The van der Waals surface area contributed by atoms with E-state index in [1.807, 2.05) is 0 Å². The predicted octanol–water partition coefficient (Wildman–Crippen LogP) is 3.02. The Hall–Kier alpha value is -1.69. The number of nitrogens with one attached hydrogen (secondary N) is 1. The molecule has 0 aromatic heterocycles. The van der Waals surface area contributed by atoms with Crippen molar-refractivity contribution in [1.82, 2.24) is 4.90 Å². The number of rotatable bonds is 5. The highest BCUT2D eigenvalue weighted by Gasteiger charge is 2.22. The Balaban J connectivity index is 2.00. The zero-order valence-electron chi connectivity index (χ0n) is 11.6. The zero-order valence-corrected chi connectivity index (χ0v) is 11.6. The molecule has 1 aliphatic rings. The van der Waals surface area contributed by atoms with Crippen LogP contribution in [0.25, 0.3) is 0 Å². The first kappa shape index (κ1) is 14.7. The van der Waals surface area contributed by atoms with Gasteiger partial charge in [0.15, 0.2) is 0 Å². The molecule has 110 valence electrons. The summed E-state index contributed by atoms with van der Waals surface area (Å²) in [4.78, 5) is 12.9. The number of likely N-dealkylation sites (tertiary alicyclic amines) is 1. The lowest BCUT2D eigenvalue weighted by atomic mass is 10.0. The minimum atomic E-state index is -0.478. The predicted molar refractivity (Wildman–Crippen MR) is 76.4 cm³/mol. The summed E-state index contributed by atoms with van der Waals surface area (Å²) >= 11 is 0. The second-order valence-corrected chi connectivity index (χ2v) is 5.18. The van der Waals surface area contributed by atoms with Crippen molar-refractivity contribution >= 4 is 11.4 Å². The normalized spacial score (nSPS) is 17.1. The summed E-state index contributed by atoms with van der Waals surface area (Å²) < 4.78 is 13.3. The molecule has 1 heterocycles. The molecular weight excluding hydrogens is 261 g/mol. The summed E-state index contributed by atoms with van der Waals surface area (Å²) in [5, 5.41) is 14.1. The van der Waals surface area contributed by atoms with Gasteiger partial charge in [0, 0.05) is 31.3 Å². The van der Waals surface area contributed by atoms with E-state index in [1.54, 1.807) is 0 Å². The van der Waals surface area contributed by atoms with Crippen LogP contribution in [0.2, 0.25) is 0 Å². The van der Waals surface area contributed by atoms with Crippen LogP contribution in [0.15, 0.2) is 18.2 Å². The molecule has 5 nitrogen and oxygen atoms in total. The minimum Gasteiger partial charge on any atom is -0.377 e. The summed E-state index contributed by atoms with van der Waals surface area (Å²) in [6.45, 7) is 5.20. The van der Waals surface area contributed by atoms with Crippen molar-refractivity contribution in [3.63, 3.8) is 0 Å². The molecule has 1 aliphatic heterocycles. The molecule has 0 amide bonds. The molecule has 0 atom stereocenters. The van der Waals surface area contributed by atoms with Crippen molar-refractivity contribution in [1.29, 1.82) is 0 Å². The lowest BCUT2D eigenvalue weighted by Gasteiger charge is -2.32. The van der Waals surface area contributed by atoms with E-state index in [0.717, 1.165) is 45.0 Å². The maximum atomic E-state index is 13.3. The third-order valence-electron chi connectivity index (χ3n) is 3.64. The Morgan fingerprint density at radius 3 is 2.75 bits per heavy atom. The Bertz CT molecular complexity index is 473. The van der Waals surface area contributed by atoms with Gasteiger partial charge >= 0.3 is 0 Å². The highest BCUT2D eigenvalue weighted by atomic mass is 19.1. The van der Waals surface area contributed by atoms with Crippen LogP contribution in [-0.2, 0) is 0 Å². The molecule has 0 radical (unpaired) electrons. The number of halogens is 1. The van der Waals surface area contributed by atoms with E-state index in [1.165, 1.54) is 12.1 Å².